The standard InChI is InChI=1S/C21H20ClN3O2/c1-27-19-7-2-4-15(12-19)10-11-23-20-9-8-16(14-24-20)21(26)25-18-6-3-5-17(22)13-18/h2-9,12-14H,10-11H2,1H3,(H,23,24)(H,25,26). The number of anilines is 2. The summed E-state index contributed by atoms with van der Waals surface area (Å²) >= 11 is 5.93. The molecule has 5 nitrogen and oxygen atoms in total. The number of amides is 1. The van der Waals surface area contributed by atoms with Gasteiger partial charge in [0.2, 0.25) is 0 Å². The minimum atomic E-state index is -0.229. The van der Waals surface area contributed by atoms with Gasteiger partial charge in [0, 0.05) is 23.5 Å². The molecular weight excluding hydrogens is 362 g/mol. The van der Waals surface area contributed by atoms with Crippen molar-refractivity contribution in [2.75, 3.05) is 24.3 Å². The first kappa shape index (κ1) is 18.7. The minimum absolute atomic E-state index is 0.229. The van der Waals surface area contributed by atoms with E-state index in [1.165, 1.54) is 5.56 Å². The van der Waals surface area contributed by atoms with Gasteiger partial charge in [-0.25, -0.2) is 4.98 Å². The molecule has 138 valence electrons. The number of rotatable bonds is 7. The molecule has 2 aromatic carbocycles. The zero-order valence-electron chi connectivity index (χ0n) is 14.9. The second-order valence-electron chi connectivity index (χ2n) is 5.92. The third-order valence-electron chi connectivity index (χ3n) is 3.96. The topological polar surface area (TPSA) is 63.2 Å². The van der Waals surface area contributed by atoms with E-state index in [-0.39, 0.29) is 5.91 Å². The molecule has 0 aliphatic carbocycles. The van der Waals surface area contributed by atoms with Crippen LogP contribution in [0.2, 0.25) is 5.02 Å². The van der Waals surface area contributed by atoms with E-state index in [9.17, 15) is 4.79 Å². The van der Waals surface area contributed by atoms with Gasteiger partial charge in [-0.1, -0.05) is 29.8 Å². The van der Waals surface area contributed by atoms with Gasteiger partial charge in [-0.05, 0) is 54.4 Å². The normalized spacial score (nSPS) is 10.3. The Morgan fingerprint density at radius 1 is 1.11 bits per heavy atom. The van der Waals surface area contributed by atoms with Crippen LogP contribution >= 0.6 is 11.6 Å². The molecular formula is C21H20ClN3O2. The van der Waals surface area contributed by atoms with E-state index in [0.29, 0.717) is 16.3 Å². The third-order valence-corrected chi connectivity index (χ3v) is 4.20. The lowest BCUT2D eigenvalue weighted by atomic mass is 10.1. The number of methoxy groups -OCH3 is 1. The molecule has 27 heavy (non-hydrogen) atoms. The number of benzene rings is 2. The number of ether oxygens (including phenoxy) is 1. The molecule has 3 rings (SSSR count). The third kappa shape index (κ3) is 5.46. The van der Waals surface area contributed by atoms with Crippen molar-refractivity contribution in [1.29, 1.82) is 0 Å². The molecule has 1 aromatic heterocycles. The molecule has 0 aliphatic heterocycles. The number of aromatic nitrogens is 1. The van der Waals surface area contributed by atoms with Crippen LogP contribution in [0.5, 0.6) is 5.75 Å². The van der Waals surface area contributed by atoms with Crippen molar-refractivity contribution in [3.63, 3.8) is 0 Å². The van der Waals surface area contributed by atoms with Gasteiger partial charge in [0.25, 0.3) is 5.91 Å². The highest BCUT2D eigenvalue weighted by Gasteiger charge is 2.07. The monoisotopic (exact) mass is 381 g/mol. The van der Waals surface area contributed by atoms with Crippen molar-refractivity contribution < 1.29 is 9.53 Å². The predicted octanol–water partition coefficient (Wildman–Crippen LogP) is 4.65. The van der Waals surface area contributed by atoms with E-state index in [0.717, 1.165) is 24.5 Å². The zero-order chi connectivity index (χ0) is 19.1. The Hall–Kier alpha value is -3.05. The van der Waals surface area contributed by atoms with Gasteiger partial charge in [-0.3, -0.25) is 4.79 Å². The van der Waals surface area contributed by atoms with E-state index in [1.54, 1.807) is 49.7 Å². The number of carbonyl (C=O) groups excluding carboxylic acids is 1. The molecule has 0 saturated heterocycles. The molecule has 0 bridgehead atoms. The summed E-state index contributed by atoms with van der Waals surface area (Å²) in [5, 5.41) is 6.62. The second-order valence-corrected chi connectivity index (χ2v) is 6.36. The van der Waals surface area contributed by atoms with Crippen molar-refractivity contribution >= 4 is 29.0 Å². The first-order valence-corrected chi connectivity index (χ1v) is 8.91. The quantitative estimate of drug-likeness (QED) is 0.625. The molecule has 1 amide bonds. The van der Waals surface area contributed by atoms with E-state index in [1.807, 2.05) is 18.2 Å². The van der Waals surface area contributed by atoms with Crippen molar-refractivity contribution in [3.05, 3.63) is 83.0 Å². The van der Waals surface area contributed by atoms with Gasteiger partial charge in [0.1, 0.15) is 11.6 Å². The van der Waals surface area contributed by atoms with E-state index in [2.05, 4.69) is 21.7 Å². The highest BCUT2D eigenvalue weighted by molar-refractivity contribution is 6.30. The largest absolute Gasteiger partial charge is 0.497 e. The van der Waals surface area contributed by atoms with Crippen LogP contribution in [0, 0.1) is 0 Å². The summed E-state index contributed by atoms with van der Waals surface area (Å²) in [5.74, 6) is 1.34. The summed E-state index contributed by atoms with van der Waals surface area (Å²) in [4.78, 5) is 16.6. The van der Waals surface area contributed by atoms with Crippen LogP contribution in [0.3, 0.4) is 0 Å². The fraction of sp³-hybridized carbons (Fsp3) is 0.143. The highest BCUT2D eigenvalue weighted by Crippen LogP contribution is 2.16. The molecule has 2 N–H and O–H groups in total. The van der Waals surface area contributed by atoms with Crippen molar-refractivity contribution in [1.82, 2.24) is 4.98 Å². The summed E-state index contributed by atoms with van der Waals surface area (Å²) in [6.07, 6.45) is 2.39. The number of carbonyl (C=O) groups is 1. The zero-order valence-corrected chi connectivity index (χ0v) is 15.7. The lowest BCUT2D eigenvalue weighted by Gasteiger charge is -2.08. The van der Waals surface area contributed by atoms with Crippen molar-refractivity contribution in [3.8, 4) is 5.75 Å². The molecule has 0 radical (unpaired) electrons. The van der Waals surface area contributed by atoms with Crippen LogP contribution in [0.25, 0.3) is 0 Å². The van der Waals surface area contributed by atoms with E-state index < -0.39 is 0 Å². The summed E-state index contributed by atoms with van der Waals surface area (Å²) in [5.41, 5.74) is 2.31. The smallest absolute Gasteiger partial charge is 0.257 e. The summed E-state index contributed by atoms with van der Waals surface area (Å²) in [7, 11) is 1.66. The Kier molecular flexibility index (Phi) is 6.28. The summed E-state index contributed by atoms with van der Waals surface area (Å²) < 4.78 is 5.23. The van der Waals surface area contributed by atoms with E-state index >= 15 is 0 Å². The maximum atomic E-state index is 12.3. The average molecular weight is 382 g/mol. The number of hydrogen-bond donors (Lipinski definition) is 2. The van der Waals surface area contributed by atoms with Crippen LogP contribution < -0.4 is 15.4 Å². The molecule has 0 atom stereocenters. The molecule has 6 heteroatoms. The Morgan fingerprint density at radius 2 is 1.96 bits per heavy atom. The number of nitrogens with one attached hydrogen (secondary N) is 2. The second kappa shape index (κ2) is 9.05. The van der Waals surface area contributed by atoms with E-state index in [4.69, 9.17) is 16.3 Å². The Bertz CT molecular complexity index is 913. The first-order valence-electron chi connectivity index (χ1n) is 8.54. The van der Waals surface area contributed by atoms with Crippen LogP contribution in [0.15, 0.2) is 66.9 Å². The lowest BCUT2D eigenvalue weighted by molar-refractivity contribution is 0.102. The number of pyridine rings is 1. The predicted molar refractivity (Wildman–Crippen MR) is 109 cm³/mol. The Labute approximate surface area is 163 Å². The molecule has 0 fully saturated rings. The van der Waals surface area contributed by atoms with Crippen LogP contribution in [0.1, 0.15) is 15.9 Å². The molecule has 0 unspecified atom stereocenters. The van der Waals surface area contributed by atoms with Crippen LogP contribution in [0.4, 0.5) is 11.5 Å². The first-order chi connectivity index (χ1) is 13.1. The SMILES string of the molecule is COc1cccc(CCNc2ccc(C(=O)Nc3cccc(Cl)c3)cn2)c1. The number of nitrogens with zero attached hydrogens (tertiary/aromatic N) is 1. The highest BCUT2D eigenvalue weighted by atomic mass is 35.5. The molecule has 1 heterocycles. The maximum absolute atomic E-state index is 12.3. The molecule has 0 saturated carbocycles. The number of halogens is 1. The summed E-state index contributed by atoms with van der Waals surface area (Å²) in [6, 6.07) is 18.5. The lowest BCUT2D eigenvalue weighted by Crippen LogP contribution is -2.13. The van der Waals surface area contributed by atoms with Crippen molar-refractivity contribution in [2.24, 2.45) is 0 Å². The summed E-state index contributed by atoms with van der Waals surface area (Å²) in [6.45, 7) is 0.730. The average Bonchev–Trinajstić information content (AvgIpc) is 2.69. The Morgan fingerprint density at radius 3 is 2.70 bits per heavy atom. The maximum Gasteiger partial charge on any atom is 0.257 e. The minimum Gasteiger partial charge on any atom is -0.497 e. The van der Waals surface area contributed by atoms with Crippen LogP contribution in [-0.2, 0) is 6.42 Å². The van der Waals surface area contributed by atoms with Gasteiger partial charge < -0.3 is 15.4 Å². The van der Waals surface area contributed by atoms with Gasteiger partial charge in [-0.15, -0.1) is 0 Å². The molecule has 0 spiro atoms. The molecule has 3 aromatic rings. The van der Waals surface area contributed by atoms with Gasteiger partial charge in [-0.2, -0.15) is 0 Å². The van der Waals surface area contributed by atoms with Gasteiger partial charge >= 0.3 is 0 Å². The van der Waals surface area contributed by atoms with Gasteiger partial charge in [0.15, 0.2) is 0 Å². The fourth-order valence-electron chi connectivity index (χ4n) is 2.57. The van der Waals surface area contributed by atoms with Gasteiger partial charge in [0.05, 0.1) is 12.7 Å². The molecule has 0 aliphatic rings. The number of hydrogen-bond acceptors (Lipinski definition) is 4. The van der Waals surface area contributed by atoms with Crippen molar-refractivity contribution in [2.45, 2.75) is 6.42 Å². The fourth-order valence-corrected chi connectivity index (χ4v) is 2.76. The Balaban J connectivity index is 1.53. The van der Waals surface area contributed by atoms with Crippen LogP contribution in [-0.4, -0.2) is 24.5 Å².